The maximum absolute atomic E-state index is 12.1. The SMILES string of the molecule is CC(=O)c1cc(NC(=O)c2cc3ccccc3cn2)no1. The fourth-order valence-electron chi connectivity index (χ4n) is 1.89. The Balaban J connectivity index is 1.84. The molecule has 1 amide bonds. The van der Waals surface area contributed by atoms with Gasteiger partial charge in [0.2, 0.25) is 5.76 Å². The number of pyridine rings is 1. The zero-order valence-corrected chi connectivity index (χ0v) is 11.2. The van der Waals surface area contributed by atoms with E-state index in [1.54, 1.807) is 12.3 Å². The van der Waals surface area contributed by atoms with E-state index in [4.69, 9.17) is 4.52 Å². The second-order valence-corrected chi connectivity index (χ2v) is 4.50. The van der Waals surface area contributed by atoms with Gasteiger partial charge in [0.1, 0.15) is 5.69 Å². The van der Waals surface area contributed by atoms with Crippen LogP contribution in [0.1, 0.15) is 28.0 Å². The zero-order valence-electron chi connectivity index (χ0n) is 11.2. The van der Waals surface area contributed by atoms with Crippen LogP contribution in [0.2, 0.25) is 0 Å². The molecule has 0 radical (unpaired) electrons. The molecule has 0 aliphatic carbocycles. The number of benzene rings is 1. The first-order chi connectivity index (χ1) is 10.1. The predicted molar refractivity (Wildman–Crippen MR) is 76.2 cm³/mol. The maximum atomic E-state index is 12.1. The Bertz CT molecular complexity index is 839. The number of nitrogens with one attached hydrogen (secondary N) is 1. The third-order valence-corrected chi connectivity index (χ3v) is 2.96. The summed E-state index contributed by atoms with van der Waals surface area (Å²) in [6.45, 7) is 1.36. The zero-order chi connectivity index (χ0) is 14.8. The highest BCUT2D eigenvalue weighted by Gasteiger charge is 2.13. The number of carbonyl (C=O) groups excluding carboxylic acids is 2. The van der Waals surface area contributed by atoms with Crippen LogP contribution >= 0.6 is 0 Å². The number of aromatic nitrogens is 2. The summed E-state index contributed by atoms with van der Waals surface area (Å²) < 4.78 is 4.80. The van der Waals surface area contributed by atoms with Crippen molar-refractivity contribution in [1.82, 2.24) is 10.1 Å². The number of carbonyl (C=O) groups is 2. The molecule has 3 aromatic rings. The molecule has 0 atom stereocenters. The van der Waals surface area contributed by atoms with Gasteiger partial charge < -0.3 is 9.84 Å². The van der Waals surface area contributed by atoms with Gasteiger partial charge in [-0.25, -0.2) is 0 Å². The van der Waals surface area contributed by atoms with Gasteiger partial charge in [0.15, 0.2) is 11.6 Å². The van der Waals surface area contributed by atoms with Crippen LogP contribution in [0.5, 0.6) is 0 Å². The molecule has 0 spiro atoms. The summed E-state index contributed by atoms with van der Waals surface area (Å²) in [4.78, 5) is 27.3. The number of nitrogens with zero attached hydrogens (tertiary/aromatic N) is 2. The highest BCUT2D eigenvalue weighted by molar-refractivity contribution is 6.04. The Kier molecular flexibility index (Phi) is 3.19. The number of hydrogen-bond donors (Lipinski definition) is 1. The van der Waals surface area contributed by atoms with Crippen LogP contribution in [0.15, 0.2) is 47.1 Å². The lowest BCUT2D eigenvalue weighted by Crippen LogP contribution is -2.13. The van der Waals surface area contributed by atoms with Crippen molar-refractivity contribution in [2.24, 2.45) is 0 Å². The first kappa shape index (κ1) is 13.0. The second kappa shape index (κ2) is 5.16. The van der Waals surface area contributed by atoms with Crippen LogP contribution in [0, 0.1) is 0 Å². The van der Waals surface area contributed by atoms with Gasteiger partial charge in [0.05, 0.1) is 0 Å². The van der Waals surface area contributed by atoms with E-state index in [0.717, 1.165) is 10.8 Å². The molecule has 0 aliphatic rings. The Morgan fingerprint density at radius 3 is 2.62 bits per heavy atom. The van der Waals surface area contributed by atoms with Gasteiger partial charge in [0, 0.05) is 24.6 Å². The van der Waals surface area contributed by atoms with Crippen LogP contribution in [-0.2, 0) is 0 Å². The molecular weight excluding hydrogens is 270 g/mol. The van der Waals surface area contributed by atoms with Crippen molar-refractivity contribution in [3.05, 3.63) is 54.0 Å². The van der Waals surface area contributed by atoms with E-state index in [0.29, 0.717) is 0 Å². The Hall–Kier alpha value is -3.02. The first-order valence-corrected chi connectivity index (χ1v) is 6.27. The molecule has 1 N–H and O–H groups in total. The molecule has 3 rings (SSSR count). The summed E-state index contributed by atoms with van der Waals surface area (Å²) in [5.41, 5.74) is 0.265. The van der Waals surface area contributed by atoms with Crippen molar-refractivity contribution in [3.63, 3.8) is 0 Å². The molecule has 2 aromatic heterocycles. The van der Waals surface area contributed by atoms with Crippen LogP contribution in [0.3, 0.4) is 0 Å². The lowest BCUT2D eigenvalue weighted by molar-refractivity contribution is 0.0978. The Morgan fingerprint density at radius 2 is 1.90 bits per heavy atom. The average molecular weight is 281 g/mol. The molecular formula is C15H11N3O3. The smallest absolute Gasteiger partial charge is 0.275 e. The maximum Gasteiger partial charge on any atom is 0.275 e. The first-order valence-electron chi connectivity index (χ1n) is 6.27. The molecule has 21 heavy (non-hydrogen) atoms. The van der Waals surface area contributed by atoms with Crippen molar-refractivity contribution in [2.75, 3.05) is 5.32 Å². The highest BCUT2D eigenvalue weighted by atomic mass is 16.5. The van der Waals surface area contributed by atoms with Gasteiger partial charge in [-0.3, -0.25) is 14.6 Å². The largest absolute Gasteiger partial charge is 0.351 e. The standard InChI is InChI=1S/C15H11N3O3/c1-9(19)13-7-14(18-21-13)17-15(20)12-6-10-4-2-3-5-11(10)8-16-12/h2-8H,1H3,(H,17,18,20). The van der Waals surface area contributed by atoms with Crippen molar-refractivity contribution in [2.45, 2.75) is 6.92 Å². The monoisotopic (exact) mass is 281 g/mol. The molecule has 104 valence electrons. The fourth-order valence-corrected chi connectivity index (χ4v) is 1.89. The van der Waals surface area contributed by atoms with Gasteiger partial charge in [0.25, 0.3) is 5.91 Å². The molecule has 1 aromatic carbocycles. The molecule has 0 unspecified atom stereocenters. The van der Waals surface area contributed by atoms with Crippen molar-refractivity contribution in [1.29, 1.82) is 0 Å². The molecule has 6 nitrogen and oxygen atoms in total. The quantitative estimate of drug-likeness (QED) is 0.746. The normalized spacial score (nSPS) is 10.5. The second-order valence-electron chi connectivity index (χ2n) is 4.50. The van der Waals surface area contributed by atoms with E-state index in [1.165, 1.54) is 13.0 Å². The lowest BCUT2D eigenvalue weighted by atomic mass is 10.1. The van der Waals surface area contributed by atoms with Gasteiger partial charge in [-0.1, -0.05) is 29.4 Å². The summed E-state index contributed by atoms with van der Waals surface area (Å²) >= 11 is 0. The molecule has 6 heteroatoms. The van der Waals surface area contributed by atoms with Gasteiger partial charge in [-0.15, -0.1) is 0 Å². The topological polar surface area (TPSA) is 85.1 Å². The van der Waals surface area contributed by atoms with Crippen LogP contribution in [-0.4, -0.2) is 21.8 Å². The number of anilines is 1. The molecule has 0 fully saturated rings. The fraction of sp³-hybridized carbons (Fsp3) is 0.0667. The summed E-state index contributed by atoms with van der Waals surface area (Å²) in [7, 11) is 0. The van der Waals surface area contributed by atoms with Gasteiger partial charge in [-0.2, -0.15) is 0 Å². The van der Waals surface area contributed by atoms with Gasteiger partial charge in [-0.05, 0) is 11.5 Å². The average Bonchev–Trinajstić information content (AvgIpc) is 2.95. The van der Waals surface area contributed by atoms with Crippen LogP contribution < -0.4 is 5.32 Å². The summed E-state index contributed by atoms with van der Waals surface area (Å²) in [5, 5.41) is 8.02. The van der Waals surface area contributed by atoms with Crippen molar-refractivity contribution < 1.29 is 14.1 Å². The third-order valence-electron chi connectivity index (χ3n) is 2.96. The number of amides is 1. The number of fused-ring (bicyclic) bond motifs is 1. The number of rotatable bonds is 3. The van der Waals surface area contributed by atoms with Crippen LogP contribution in [0.25, 0.3) is 10.8 Å². The summed E-state index contributed by atoms with van der Waals surface area (Å²) in [6, 6.07) is 10.7. The Labute approximate surface area is 119 Å². The van der Waals surface area contributed by atoms with E-state index in [9.17, 15) is 9.59 Å². The summed E-state index contributed by atoms with van der Waals surface area (Å²) in [5.74, 6) is -0.395. The molecule has 0 bridgehead atoms. The van der Waals surface area contributed by atoms with Crippen molar-refractivity contribution >= 4 is 28.3 Å². The van der Waals surface area contributed by atoms with Crippen LogP contribution in [0.4, 0.5) is 5.82 Å². The van der Waals surface area contributed by atoms with E-state index in [-0.39, 0.29) is 23.1 Å². The van der Waals surface area contributed by atoms with E-state index in [1.807, 2.05) is 24.3 Å². The number of Topliss-reactive ketones (excluding diaryl/α,β-unsaturated/α-hetero) is 1. The Morgan fingerprint density at radius 1 is 1.14 bits per heavy atom. The van der Waals surface area contributed by atoms with Crippen molar-refractivity contribution in [3.8, 4) is 0 Å². The summed E-state index contributed by atoms with van der Waals surface area (Å²) in [6.07, 6.45) is 1.63. The van der Waals surface area contributed by atoms with Gasteiger partial charge >= 0.3 is 0 Å². The molecule has 0 saturated heterocycles. The minimum absolute atomic E-state index is 0.0942. The van der Waals surface area contributed by atoms with E-state index >= 15 is 0 Å². The lowest BCUT2D eigenvalue weighted by Gasteiger charge is -2.02. The van der Waals surface area contributed by atoms with E-state index in [2.05, 4.69) is 15.5 Å². The predicted octanol–water partition coefficient (Wildman–Crippen LogP) is 2.68. The number of ketones is 1. The molecule has 0 aliphatic heterocycles. The molecule has 2 heterocycles. The van der Waals surface area contributed by atoms with E-state index < -0.39 is 5.91 Å². The third kappa shape index (κ3) is 2.64. The minimum atomic E-state index is -0.413. The number of hydrogen-bond acceptors (Lipinski definition) is 5. The minimum Gasteiger partial charge on any atom is -0.351 e. The molecule has 0 saturated carbocycles. The highest BCUT2D eigenvalue weighted by Crippen LogP contribution is 2.15.